The predicted octanol–water partition coefficient (Wildman–Crippen LogP) is 2.63. The van der Waals surface area contributed by atoms with Gasteiger partial charge >= 0.3 is 0 Å². The number of fused-ring (bicyclic) bond motifs is 1. The summed E-state index contributed by atoms with van der Waals surface area (Å²) in [5, 5.41) is 2.97. The van der Waals surface area contributed by atoms with Crippen molar-refractivity contribution in [3.8, 4) is 0 Å². The Morgan fingerprint density at radius 3 is 2.67 bits per heavy atom. The zero-order chi connectivity index (χ0) is 16.5. The molecule has 1 aliphatic carbocycles. The summed E-state index contributed by atoms with van der Waals surface area (Å²) in [5.74, 6) is -0.153. The van der Waals surface area contributed by atoms with Gasteiger partial charge in [-0.1, -0.05) is 12.5 Å². The van der Waals surface area contributed by atoms with Crippen molar-refractivity contribution in [1.82, 2.24) is 14.5 Å². The minimum Gasteiger partial charge on any atom is -0.340 e. The lowest BCUT2D eigenvalue weighted by Gasteiger charge is -2.36. The molecule has 2 aliphatic rings. The fourth-order valence-electron chi connectivity index (χ4n) is 3.66. The van der Waals surface area contributed by atoms with Gasteiger partial charge in [-0.15, -0.1) is 0 Å². The van der Waals surface area contributed by atoms with Crippen LogP contribution in [0.4, 0.5) is 5.69 Å². The van der Waals surface area contributed by atoms with Crippen LogP contribution >= 0.6 is 0 Å². The summed E-state index contributed by atoms with van der Waals surface area (Å²) in [6.07, 6.45) is 9.66. The van der Waals surface area contributed by atoms with E-state index in [-0.39, 0.29) is 5.91 Å². The van der Waals surface area contributed by atoms with E-state index in [0.29, 0.717) is 5.69 Å². The number of benzene rings is 1. The van der Waals surface area contributed by atoms with Crippen molar-refractivity contribution in [2.45, 2.75) is 38.1 Å². The van der Waals surface area contributed by atoms with E-state index < -0.39 is 0 Å². The summed E-state index contributed by atoms with van der Waals surface area (Å²) < 4.78 is 1.78. The first-order chi connectivity index (χ1) is 11.7. The predicted molar refractivity (Wildman–Crippen MR) is 94.2 cm³/mol. The SMILES string of the molecule is Cn1cnc(C(=O)Nc2ccc3c(c2)CCN(C2CCC2)CC3)c1. The summed E-state index contributed by atoms with van der Waals surface area (Å²) in [5.41, 5.74) is 4.11. The van der Waals surface area contributed by atoms with Crippen molar-refractivity contribution in [2.75, 3.05) is 18.4 Å². The number of rotatable bonds is 3. The van der Waals surface area contributed by atoms with Gasteiger partial charge < -0.3 is 9.88 Å². The summed E-state index contributed by atoms with van der Waals surface area (Å²) >= 11 is 0. The molecule has 1 N–H and O–H groups in total. The third-order valence-electron chi connectivity index (χ3n) is 5.33. The molecule has 126 valence electrons. The van der Waals surface area contributed by atoms with Gasteiger partial charge in [0.2, 0.25) is 0 Å². The van der Waals surface area contributed by atoms with Crippen LogP contribution in [0.2, 0.25) is 0 Å². The van der Waals surface area contributed by atoms with Gasteiger partial charge in [-0.25, -0.2) is 4.98 Å². The molecule has 4 rings (SSSR count). The Bertz CT molecular complexity index is 748. The van der Waals surface area contributed by atoms with E-state index in [1.807, 2.05) is 13.1 Å². The van der Waals surface area contributed by atoms with Crippen LogP contribution in [0.25, 0.3) is 0 Å². The summed E-state index contributed by atoms with van der Waals surface area (Å²) in [6.45, 7) is 2.30. The monoisotopic (exact) mass is 324 g/mol. The highest BCUT2D eigenvalue weighted by Crippen LogP contribution is 2.28. The number of carbonyl (C=O) groups excluding carboxylic acids is 1. The van der Waals surface area contributed by atoms with E-state index in [1.54, 1.807) is 17.1 Å². The van der Waals surface area contributed by atoms with Crippen molar-refractivity contribution in [1.29, 1.82) is 0 Å². The quantitative estimate of drug-likeness (QED) is 0.944. The van der Waals surface area contributed by atoms with Crippen LogP contribution in [0.3, 0.4) is 0 Å². The Hall–Kier alpha value is -2.14. The first kappa shape index (κ1) is 15.4. The van der Waals surface area contributed by atoms with Crippen molar-refractivity contribution >= 4 is 11.6 Å². The summed E-state index contributed by atoms with van der Waals surface area (Å²) in [6, 6.07) is 7.13. The molecule has 0 atom stereocenters. The molecule has 1 saturated carbocycles. The van der Waals surface area contributed by atoms with Crippen LogP contribution in [0.15, 0.2) is 30.7 Å². The van der Waals surface area contributed by atoms with Crippen molar-refractivity contribution in [3.05, 3.63) is 47.5 Å². The third-order valence-corrected chi connectivity index (χ3v) is 5.33. The maximum atomic E-state index is 12.3. The third kappa shape index (κ3) is 3.08. The maximum absolute atomic E-state index is 12.3. The van der Waals surface area contributed by atoms with E-state index >= 15 is 0 Å². The Kier molecular flexibility index (Phi) is 4.10. The average Bonchev–Trinajstić information content (AvgIpc) is 2.85. The topological polar surface area (TPSA) is 50.2 Å². The van der Waals surface area contributed by atoms with Crippen molar-refractivity contribution in [2.24, 2.45) is 7.05 Å². The first-order valence-electron chi connectivity index (χ1n) is 8.84. The molecule has 0 unspecified atom stereocenters. The molecule has 2 heterocycles. The molecule has 1 aromatic carbocycles. The van der Waals surface area contributed by atoms with E-state index in [2.05, 4.69) is 27.3 Å². The van der Waals surface area contributed by atoms with Crippen LogP contribution in [-0.2, 0) is 19.9 Å². The molecule has 0 radical (unpaired) electrons. The first-order valence-corrected chi connectivity index (χ1v) is 8.84. The van der Waals surface area contributed by atoms with E-state index in [0.717, 1.165) is 37.7 Å². The second-order valence-corrected chi connectivity index (χ2v) is 6.98. The number of aromatic nitrogens is 2. The Balaban J connectivity index is 1.46. The number of hydrogen-bond acceptors (Lipinski definition) is 3. The molecule has 5 heteroatoms. The highest BCUT2D eigenvalue weighted by molar-refractivity contribution is 6.02. The molecule has 5 nitrogen and oxygen atoms in total. The highest BCUT2D eigenvalue weighted by atomic mass is 16.1. The van der Waals surface area contributed by atoms with E-state index in [9.17, 15) is 4.79 Å². The van der Waals surface area contributed by atoms with E-state index in [1.165, 1.54) is 30.4 Å². The number of amides is 1. The van der Waals surface area contributed by atoms with Crippen LogP contribution in [-0.4, -0.2) is 39.5 Å². The lowest BCUT2D eigenvalue weighted by molar-refractivity contribution is 0.102. The van der Waals surface area contributed by atoms with E-state index in [4.69, 9.17) is 0 Å². The van der Waals surface area contributed by atoms with Crippen LogP contribution in [0.5, 0.6) is 0 Å². The zero-order valence-corrected chi connectivity index (χ0v) is 14.2. The number of aryl methyl sites for hydroxylation is 1. The molecular weight excluding hydrogens is 300 g/mol. The van der Waals surface area contributed by atoms with Crippen molar-refractivity contribution in [3.63, 3.8) is 0 Å². The number of carbonyl (C=O) groups is 1. The van der Waals surface area contributed by atoms with Gasteiger partial charge in [0.25, 0.3) is 5.91 Å². The lowest BCUT2D eigenvalue weighted by atomic mass is 9.91. The Morgan fingerprint density at radius 2 is 2.00 bits per heavy atom. The highest BCUT2D eigenvalue weighted by Gasteiger charge is 2.26. The molecule has 2 aromatic rings. The average molecular weight is 324 g/mol. The molecule has 1 aromatic heterocycles. The molecule has 0 bridgehead atoms. The fraction of sp³-hybridized carbons (Fsp3) is 0.474. The molecule has 0 saturated heterocycles. The fourth-order valence-corrected chi connectivity index (χ4v) is 3.66. The van der Waals surface area contributed by atoms with Gasteiger partial charge in [0.1, 0.15) is 5.69 Å². The van der Waals surface area contributed by atoms with Gasteiger partial charge in [0.15, 0.2) is 0 Å². The van der Waals surface area contributed by atoms with Gasteiger partial charge in [-0.05, 0) is 48.9 Å². The number of nitrogens with one attached hydrogen (secondary N) is 1. The largest absolute Gasteiger partial charge is 0.340 e. The Labute approximate surface area is 142 Å². The van der Waals surface area contributed by atoms with Gasteiger partial charge in [-0.2, -0.15) is 0 Å². The maximum Gasteiger partial charge on any atom is 0.275 e. The molecule has 24 heavy (non-hydrogen) atoms. The smallest absolute Gasteiger partial charge is 0.275 e. The second kappa shape index (κ2) is 6.40. The normalized spacial score (nSPS) is 18.5. The van der Waals surface area contributed by atoms with Gasteiger partial charge in [-0.3, -0.25) is 9.69 Å². The standard InChI is InChI=1S/C19H24N4O/c1-22-12-18(20-13-22)19(24)21-16-6-5-14-7-9-23(17-3-2-4-17)10-8-15(14)11-16/h5-6,11-13,17H,2-4,7-10H2,1H3,(H,21,24). The number of hydrogen-bond donors (Lipinski definition) is 1. The second-order valence-electron chi connectivity index (χ2n) is 6.98. The van der Waals surface area contributed by atoms with Gasteiger partial charge in [0, 0.05) is 38.1 Å². The molecule has 1 amide bonds. The molecule has 0 spiro atoms. The van der Waals surface area contributed by atoms with Crippen LogP contribution < -0.4 is 5.32 Å². The zero-order valence-electron chi connectivity index (χ0n) is 14.2. The summed E-state index contributed by atoms with van der Waals surface area (Å²) in [7, 11) is 1.86. The lowest BCUT2D eigenvalue weighted by Crippen LogP contribution is -2.41. The summed E-state index contributed by atoms with van der Waals surface area (Å²) in [4.78, 5) is 19.0. The van der Waals surface area contributed by atoms with Crippen LogP contribution in [0.1, 0.15) is 40.9 Å². The number of nitrogens with zero attached hydrogens (tertiary/aromatic N) is 3. The van der Waals surface area contributed by atoms with Crippen molar-refractivity contribution < 1.29 is 4.79 Å². The van der Waals surface area contributed by atoms with Gasteiger partial charge in [0.05, 0.1) is 6.33 Å². The van der Waals surface area contributed by atoms with Crippen LogP contribution in [0, 0.1) is 0 Å². The molecule has 1 fully saturated rings. The number of imidazole rings is 1. The minimum absolute atomic E-state index is 0.153. The molecule has 1 aliphatic heterocycles. The molecular formula is C19H24N4O. The Morgan fingerprint density at radius 1 is 1.21 bits per heavy atom. The number of anilines is 1. The minimum atomic E-state index is -0.153.